The van der Waals surface area contributed by atoms with Gasteiger partial charge in [0.15, 0.2) is 5.82 Å². The number of hydrogen-bond donors (Lipinski definition) is 1. The third-order valence-corrected chi connectivity index (χ3v) is 4.85. The van der Waals surface area contributed by atoms with Crippen LogP contribution < -0.4 is 5.32 Å². The molecule has 4 nitrogen and oxygen atoms in total. The van der Waals surface area contributed by atoms with Gasteiger partial charge in [-0.2, -0.15) is 4.98 Å². The molecule has 18 heavy (non-hydrogen) atoms. The van der Waals surface area contributed by atoms with Crippen LogP contribution in [0.4, 0.5) is 0 Å². The Kier molecular flexibility index (Phi) is 3.10. The Morgan fingerprint density at radius 3 is 3.06 bits per heavy atom. The van der Waals surface area contributed by atoms with Gasteiger partial charge in [-0.1, -0.05) is 11.6 Å². The quantitative estimate of drug-likeness (QED) is 0.913. The minimum Gasteiger partial charge on any atom is -0.339 e. The van der Waals surface area contributed by atoms with Crippen molar-refractivity contribution in [3.8, 4) is 0 Å². The highest BCUT2D eigenvalue weighted by atomic mass is 35.5. The van der Waals surface area contributed by atoms with Gasteiger partial charge in [-0.15, -0.1) is 12.4 Å². The van der Waals surface area contributed by atoms with Gasteiger partial charge in [0.25, 0.3) is 0 Å². The van der Waals surface area contributed by atoms with Gasteiger partial charge < -0.3 is 9.84 Å². The summed E-state index contributed by atoms with van der Waals surface area (Å²) in [5.41, 5.74) is 0.175. The number of nitrogens with zero attached hydrogens (tertiary/aromatic N) is 2. The molecule has 3 aliphatic rings. The zero-order valence-corrected chi connectivity index (χ0v) is 11.3. The van der Waals surface area contributed by atoms with Crippen molar-refractivity contribution in [2.24, 2.45) is 11.8 Å². The number of rotatable bonds is 3. The molecule has 3 fully saturated rings. The topological polar surface area (TPSA) is 51.0 Å². The molecule has 0 bridgehead atoms. The van der Waals surface area contributed by atoms with Gasteiger partial charge in [0.05, 0.1) is 5.41 Å². The SMILES string of the molecule is C1C[C@@H]2CNC[C@]2(c2nc(CC3CC3)no2)C1.Cl. The monoisotopic (exact) mass is 269 g/mol. The summed E-state index contributed by atoms with van der Waals surface area (Å²) >= 11 is 0. The Bertz CT molecular complexity index is 420. The van der Waals surface area contributed by atoms with Crippen LogP contribution in [0.1, 0.15) is 43.8 Å². The van der Waals surface area contributed by atoms with Gasteiger partial charge in [-0.05, 0) is 44.1 Å². The van der Waals surface area contributed by atoms with Gasteiger partial charge in [-0.25, -0.2) is 0 Å². The first-order chi connectivity index (χ1) is 8.37. The third-order valence-electron chi connectivity index (χ3n) is 4.85. The average molecular weight is 270 g/mol. The number of halogens is 1. The second kappa shape index (κ2) is 4.49. The molecule has 5 heteroatoms. The number of nitrogens with one attached hydrogen (secondary N) is 1. The third kappa shape index (κ3) is 1.86. The molecule has 0 spiro atoms. The van der Waals surface area contributed by atoms with E-state index in [1.54, 1.807) is 0 Å². The van der Waals surface area contributed by atoms with Gasteiger partial charge in [0.2, 0.25) is 5.89 Å². The highest BCUT2D eigenvalue weighted by Gasteiger charge is 2.51. The molecule has 1 saturated heterocycles. The predicted molar refractivity (Wildman–Crippen MR) is 69.9 cm³/mol. The molecule has 100 valence electrons. The van der Waals surface area contributed by atoms with Crippen LogP contribution in [-0.4, -0.2) is 23.2 Å². The fraction of sp³-hybridized carbons (Fsp3) is 0.846. The molecular formula is C13H20ClN3O. The molecule has 4 rings (SSSR count). The molecule has 0 radical (unpaired) electrons. The molecule has 0 unspecified atom stereocenters. The Balaban J connectivity index is 0.000001000. The van der Waals surface area contributed by atoms with Crippen molar-refractivity contribution in [1.29, 1.82) is 0 Å². The summed E-state index contributed by atoms with van der Waals surface area (Å²) in [5, 5.41) is 7.68. The van der Waals surface area contributed by atoms with Crippen LogP contribution in [0.25, 0.3) is 0 Å². The molecule has 2 heterocycles. The molecule has 2 aliphatic carbocycles. The number of hydrogen-bond acceptors (Lipinski definition) is 4. The second-order valence-electron chi connectivity index (χ2n) is 6.04. The Labute approximate surface area is 113 Å². The maximum absolute atomic E-state index is 5.58. The molecule has 1 aromatic heterocycles. The molecule has 1 N–H and O–H groups in total. The first kappa shape index (κ1) is 12.4. The van der Waals surface area contributed by atoms with Crippen molar-refractivity contribution in [3.05, 3.63) is 11.7 Å². The zero-order valence-electron chi connectivity index (χ0n) is 10.5. The fourth-order valence-corrected chi connectivity index (χ4v) is 3.62. The summed E-state index contributed by atoms with van der Waals surface area (Å²) in [4.78, 5) is 4.69. The summed E-state index contributed by atoms with van der Waals surface area (Å²) in [7, 11) is 0. The van der Waals surface area contributed by atoms with E-state index in [1.165, 1.54) is 32.1 Å². The van der Waals surface area contributed by atoms with Crippen LogP contribution in [0.5, 0.6) is 0 Å². The van der Waals surface area contributed by atoms with Crippen molar-refractivity contribution in [2.75, 3.05) is 13.1 Å². The molecule has 2 atom stereocenters. The minimum absolute atomic E-state index is 0. The van der Waals surface area contributed by atoms with Gasteiger partial charge >= 0.3 is 0 Å². The van der Waals surface area contributed by atoms with Crippen LogP contribution in [-0.2, 0) is 11.8 Å². The Hall–Kier alpha value is -0.610. The largest absolute Gasteiger partial charge is 0.339 e. The Morgan fingerprint density at radius 2 is 2.22 bits per heavy atom. The van der Waals surface area contributed by atoms with E-state index < -0.39 is 0 Å². The zero-order chi connectivity index (χ0) is 11.3. The van der Waals surface area contributed by atoms with Crippen molar-refractivity contribution in [3.63, 3.8) is 0 Å². The predicted octanol–water partition coefficient (Wildman–Crippen LogP) is 2.09. The fourth-order valence-electron chi connectivity index (χ4n) is 3.62. The smallest absolute Gasteiger partial charge is 0.234 e. The van der Waals surface area contributed by atoms with Crippen molar-refractivity contribution < 1.29 is 4.52 Å². The van der Waals surface area contributed by atoms with Crippen molar-refractivity contribution in [1.82, 2.24) is 15.5 Å². The number of fused-ring (bicyclic) bond motifs is 1. The first-order valence-electron chi connectivity index (χ1n) is 6.91. The first-order valence-corrected chi connectivity index (χ1v) is 6.91. The standard InChI is InChI=1S/C13H19N3O.ClH/c1-2-10-7-14-8-13(10,5-1)12-15-11(16-17-12)6-9-3-4-9;/h9-10,14H,1-8H2;1H/t10-,13-;/m1./s1. The summed E-state index contributed by atoms with van der Waals surface area (Å²) in [6.45, 7) is 2.16. The summed E-state index contributed by atoms with van der Waals surface area (Å²) in [6.07, 6.45) is 7.56. The number of aromatic nitrogens is 2. The minimum atomic E-state index is 0. The molecule has 1 aliphatic heterocycles. The average Bonchev–Trinajstić information content (AvgIpc) is 2.76. The van der Waals surface area contributed by atoms with Crippen LogP contribution in [0.2, 0.25) is 0 Å². The van der Waals surface area contributed by atoms with E-state index in [-0.39, 0.29) is 17.8 Å². The highest BCUT2D eigenvalue weighted by Crippen LogP contribution is 2.47. The van der Waals surface area contributed by atoms with E-state index in [4.69, 9.17) is 4.52 Å². The molecule has 2 saturated carbocycles. The van der Waals surface area contributed by atoms with E-state index in [0.29, 0.717) is 0 Å². The van der Waals surface area contributed by atoms with Crippen molar-refractivity contribution in [2.45, 2.75) is 43.9 Å². The highest BCUT2D eigenvalue weighted by molar-refractivity contribution is 5.85. The lowest BCUT2D eigenvalue weighted by molar-refractivity contribution is 0.264. The lowest BCUT2D eigenvalue weighted by Crippen LogP contribution is -2.31. The van der Waals surface area contributed by atoms with Gasteiger partial charge in [0, 0.05) is 13.0 Å². The summed E-state index contributed by atoms with van der Waals surface area (Å²) in [5.74, 6) is 3.41. The lowest BCUT2D eigenvalue weighted by atomic mass is 9.80. The van der Waals surface area contributed by atoms with Crippen LogP contribution >= 0.6 is 12.4 Å². The van der Waals surface area contributed by atoms with E-state index in [2.05, 4.69) is 15.5 Å². The molecule has 1 aromatic rings. The molecular weight excluding hydrogens is 250 g/mol. The van der Waals surface area contributed by atoms with Crippen LogP contribution in [0, 0.1) is 11.8 Å². The van der Waals surface area contributed by atoms with Crippen LogP contribution in [0.3, 0.4) is 0 Å². The Morgan fingerprint density at radius 1 is 1.33 bits per heavy atom. The van der Waals surface area contributed by atoms with E-state index in [1.807, 2.05) is 0 Å². The summed E-state index contributed by atoms with van der Waals surface area (Å²) in [6, 6.07) is 0. The second-order valence-corrected chi connectivity index (χ2v) is 6.04. The molecule has 0 amide bonds. The van der Waals surface area contributed by atoms with Gasteiger partial charge in [0.1, 0.15) is 0 Å². The lowest BCUT2D eigenvalue weighted by Gasteiger charge is -2.22. The normalized spacial score (nSPS) is 34.3. The van der Waals surface area contributed by atoms with E-state index in [0.717, 1.165) is 43.1 Å². The van der Waals surface area contributed by atoms with Gasteiger partial charge in [-0.3, -0.25) is 0 Å². The van der Waals surface area contributed by atoms with Crippen LogP contribution in [0.15, 0.2) is 4.52 Å². The van der Waals surface area contributed by atoms with Crippen molar-refractivity contribution >= 4 is 12.4 Å². The maximum atomic E-state index is 5.58. The van der Waals surface area contributed by atoms with E-state index in [9.17, 15) is 0 Å². The maximum Gasteiger partial charge on any atom is 0.234 e. The molecule has 0 aromatic carbocycles. The summed E-state index contributed by atoms with van der Waals surface area (Å²) < 4.78 is 5.58. The van der Waals surface area contributed by atoms with E-state index >= 15 is 0 Å².